The molecule has 0 saturated carbocycles. The highest BCUT2D eigenvalue weighted by molar-refractivity contribution is 8.06. The maximum absolute atomic E-state index is 9.18. The standard InChI is InChI=1S/C8H15NOS/c1-5-6(2)11-7(3)8(10)9-4/h9-10H,2,5H2,1,3-4H3/b8-7-. The Labute approximate surface area is 72.4 Å². The van der Waals surface area contributed by atoms with Crippen molar-refractivity contribution in [3.05, 3.63) is 22.3 Å². The third-order valence-electron chi connectivity index (χ3n) is 1.26. The van der Waals surface area contributed by atoms with Crippen molar-refractivity contribution in [3.63, 3.8) is 0 Å². The molecular weight excluding hydrogens is 158 g/mol. The molecule has 0 radical (unpaired) electrons. The zero-order valence-electron chi connectivity index (χ0n) is 7.27. The second kappa shape index (κ2) is 5.13. The highest BCUT2D eigenvalue weighted by Gasteiger charge is 1.99. The van der Waals surface area contributed by atoms with Gasteiger partial charge in [-0.2, -0.15) is 0 Å². The van der Waals surface area contributed by atoms with Gasteiger partial charge in [0.15, 0.2) is 5.88 Å². The van der Waals surface area contributed by atoms with Gasteiger partial charge in [-0.1, -0.05) is 25.3 Å². The summed E-state index contributed by atoms with van der Waals surface area (Å²) in [5.41, 5.74) is 0. The third kappa shape index (κ3) is 3.98. The molecule has 0 aliphatic rings. The van der Waals surface area contributed by atoms with Crippen molar-refractivity contribution in [1.82, 2.24) is 5.32 Å². The molecule has 0 rings (SSSR count). The summed E-state index contributed by atoms with van der Waals surface area (Å²) in [6.07, 6.45) is 0.930. The predicted octanol–water partition coefficient (Wildman–Crippen LogP) is 2.61. The third-order valence-corrected chi connectivity index (χ3v) is 2.34. The summed E-state index contributed by atoms with van der Waals surface area (Å²) in [7, 11) is 1.69. The number of aliphatic hydroxyl groups excluding tert-OH is 1. The Morgan fingerprint density at radius 2 is 2.18 bits per heavy atom. The SMILES string of the molecule is C=C(CC)S/C(C)=C(\O)NC. The number of rotatable bonds is 4. The Bertz CT molecular complexity index is 175. The Morgan fingerprint density at radius 1 is 1.64 bits per heavy atom. The van der Waals surface area contributed by atoms with Gasteiger partial charge < -0.3 is 10.4 Å². The van der Waals surface area contributed by atoms with E-state index in [1.54, 1.807) is 7.05 Å². The van der Waals surface area contributed by atoms with Crippen LogP contribution >= 0.6 is 11.8 Å². The lowest BCUT2D eigenvalue weighted by Gasteiger charge is -2.05. The van der Waals surface area contributed by atoms with E-state index in [0.29, 0.717) is 0 Å². The van der Waals surface area contributed by atoms with Crippen LogP contribution in [0, 0.1) is 0 Å². The van der Waals surface area contributed by atoms with E-state index in [2.05, 4.69) is 11.9 Å². The zero-order chi connectivity index (χ0) is 8.85. The molecule has 0 aromatic carbocycles. The van der Waals surface area contributed by atoms with Crippen molar-refractivity contribution >= 4 is 11.8 Å². The van der Waals surface area contributed by atoms with E-state index in [1.807, 2.05) is 13.8 Å². The summed E-state index contributed by atoms with van der Waals surface area (Å²) in [6, 6.07) is 0. The minimum Gasteiger partial charge on any atom is -0.494 e. The van der Waals surface area contributed by atoms with E-state index in [0.717, 1.165) is 16.2 Å². The molecule has 2 nitrogen and oxygen atoms in total. The molecule has 0 amide bonds. The van der Waals surface area contributed by atoms with E-state index in [1.165, 1.54) is 11.8 Å². The van der Waals surface area contributed by atoms with Crippen LogP contribution in [0.3, 0.4) is 0 Å². The first-order chi connectivity index (χ1) is 5.11. The number of hydrogen-bond donors (Lipinski definition) is 2. The fraction of sp³-hybridized carbons (Fsp3) is 0.500. The monoisotopic (exact) mass is 173 g/mol. The van der Waals surface area contributed by atoms with Gasteiger partial charge in [-0.25, -0.2) is 0 Å². The van der Waals surface area contributed by atoms with Crippen LogP contribution in [0.4, 0.5) is 0 Å². The van der Waals surface area contributed by atoms with Crippen molar-refractivity contribution in [3.8, 4) is 0 Å². The van der Waals surface area contributed by atoms with Gasteiger partial charge in [-0.15, -0.1) is 0 Å². The summed E-state index contributed by atoms with van der Waals surface area (Å²) >= 11 is 1.50. The molecule has 0 aromatic heterocycles. The van der Waals surface area contributed by atoms with Gasteiger partial charge in [0, 0.05) is 12.0 Å². The average molecular weight is 173 g/mol. The Balaban J connectivity index is 4.05. The lowest BCUT2D eigenvalue weighted by Crippen LogP contribution is -2.05. The smallest absolute Gasteiger partial charge is 0.193 e. The molecule has 0 bridgehead atoms. The Hall–Kier alpha value is -0.570. The highest BCUT2D eigenvalue weighted by atomic mass is 32.2. The largest absolute Gasteiger partial charge is 0.494 e. The summed E-state index contributed by atoms with van der Waals surface area (Å²) in [4.78, 5) is 1.92. The van der Waals surface area contributed by atoms with Crippen molar-refractivity contribution in [2.45, 2.75) is 20.3 Å². The number of nitrogens with one attached hydrogen (secondary N) is 1. The van der Waals surface area contributed by atoms with Gasteiger partial charge in [0.1, 0.15) is 0 Å². The molecule has 0 aromatic rings. The number of allylic oxidation sites excluding steroid dienone is 2. The molecular formula is C8H15NOS. The highest BCUT2D eigenvalue weighted by Crippen LogP contribution is 2.26. The lowest BCUT2D eigenvalue weighted by molar-refractivity contribution is 0.373. The van der Waals surface area contributed by atoms with E-state index in [9.17, 15) is 5.11 Å². The second-order valence-corrected chi connectivity index (χ2v) is 3.54. The first-order valence-electron chi connectivity index (χ1n) is 3.55. The van der Waals surface area contributed by atoms with E-state index >= 15 is 0 Å². The first kappa shape index (κ1) is 10.4. The van der Waals surface area contributed by atoms with Gasteiger partial charge in [0.05, 0.1) is 0 Å². The zero-order valence-corrected chi connectivity index (χ0v) is 8.09. The predicted molar refractivity (Wildman–Crippen MR) is 51.4 cm³/mol. The fourth-order valence-corrected chi connectivity index (χ4v) is 1.29. The molecule has 0 aliphatic heterocycles. The summed E-state index contributed by atoms with van der Waals surface area (Å²) in [5.74, 6) is 0.226. The molecule has 3 heteroatoms. The molecule has 64 valence electrons. The normalized spacial score (nSPS) is 12.3. The van der Waals surface area contributed by atoms with Crippen LogP contribution in [-0.4, -0.2) is 12.2 Å². The van der Waals surface area contributed by atoms with Gasteiger partial charge in [-0.05, 0) is 18.2 Å². The van der Waals surface area contributed by atoms with Crippen LogP contribution in [0.1, 0.15) is 20.3 Å². The summed E-state index contributed by atoms with van der Waals surface area (Å²) < 4.78 is 0. The molecule has 0 fully saturated rings. The van der Waals surface area contributed by atoms with Gasteiger partial charge in [-0.3, -0.25) is 0 Å². The van der Waals surface area contributed by atoms with Crippen LogP contribution in [0.15, 0.2) is 22.3 Å². The van der Waals surface area contributed by atoms with Crippen LogP contribution in [0.25, 0.3) is 0 Å². The molecule has 0 heterocycles. The van der Waals surface area contributed by atoms with Gasteiger partial charge in [0.2, 0.25) is 0 Å². The molecule has 0 atom stereocenters. The molecule has 0 spiro atoms. The van der Waals surface area contributed by atoms with Gasteiger partial charge >= 0.3 is 0 Å². The quantitative estimate of drug-likeness (QED) is 0.641. The van der Waals surface area contributed by atoms with Crippen molar-refractivity contribution in [2.75, 3.05) is 7.05 Å². The molecule has 0 saturated heterocycles. The van der Waals surface area contributed by atoms with Crippen molar-refractivity contribution < 1.29 is 5.11 Å². The van der Waals surface area contributed by atoms with E-state index in [-0.39, 0.29) is 5.88 Å². The maximum Gasteiger partial charge on any atom is 0.193 e. The van der Waals surface area contributed by atoms with E-state index < -0.39 is 0 Å². The van der Waals surface area contributed by atoms with Crippen molar-refractivity contribution in [2.24, 2.45) is 0 Å². The lowest BCUT2D eigenvalue weighted by atomic mass is 10.5. The van der Waals surface area contributed by atoms with E-state index in [4.69, 9.17) is 0 Å². The Morgan fingerprint density at radius 3 is 2.55 bits per heavy atom. The number of thioether (sulfide) groups is 1. The molecule has 0 aliphatic carbocycles. The average Bonchev–Trinajstić information content (AvgIpc) is 2.02. The number of hydrogen-bond acceptors (Lipinski definition) is 3. The topological polar surface area (TPSA) is 32.3 Å². The first-order valence-corrected chi connectivity index (χ1v) is 4.36. The summed E-state index contributed by atoms with van der Waals surface area (Å²) in [5, 5.41) is 11.8. The van der Waals surface area contributed by atoms with Crippen LogP contribution in [0.2, 0.25) is 0 Å². The minimum atomic E-state index is 0.226. The van der Waals surface area contributed by atoms with Crippen molar-refractivity contribution in [1.29, 1.82) is 0 Å². The van der Waals surface area contributed by atoms with Crippen LogP contribution < -0.4 is 5.32 Å². The minimum absolute atomic E-state index is 0.226. The fourth-order valence-electron chi connectivity index (χ4n) is 0.513. The second-order valence-electron chi connectivity index (χ2n) is 2.15. The Kier molecular flexibility index (Phi) is 4.86. The molecule has 2 N–H and O–H groups in total. The number of aliphatic hydroxyl groups is 1. The summed E-state index contributed by atoms with van der Waals surface area (Å²) in [6.45, 7) is 7.72. The molecule has 0 unspecified atom stereocenters. The van der Waals surface area contributed by atoms with Crippen LogP contribution in [-0.2, 0) is 0 Å². The maximum atomic E-state index is 9.18. The van der Waals surface area contributed by atoms with Crippen LogP contribution in [0.5, 0.6) is 0 Å². The van der Waals surface area contributed by atoms with Gasteiger partial charge in [0.25, 0.3) is 0 Å². The molecule has 11 heavy (non-hydrogen) atoms.